The minimum atomic E-state index is -3.85. The molecule has 1 atom stereocenters. The number of carbonyl (C=O) groups excluding carboxylic acids is 1. The molecular weight excluding hydrogens is 423 g/mol. The fourth-order valence-electron chi connectivity index (χ4n) is 2.61. The fraction of sp³-hybridized carbons (Fsp3) is 0.136. The molecule has 0 aromatic heterocycles. The van der Waals surface area contributed by atoms with Gasteiger partial charge in [0.15, 0.2) is 6.10 Å². The van der Waals surface area contributed by atoms with E-state index in [0.717, 1.165) is 12.1 Å². The highest BCUT2D eigenvalue weighted by Crippen LogP contribution is 2.20. The Morgan fingerprint density at radius 2 is 1.42 bits per heavy atom. The highest BCUT2D eigenvalue weighted by molar-refractivity contribution is 7.92. The van der Waals surface area contributed by atoms with Crippen LogP contribution < -0.4 is 19.5 Å². The molecule has 2 N–H and O–H groups in total. The van der Waals surface area contributed by atoms with Gasteiger partial charge in [0.25, 0.3) is 15.9 Å². The third-order valence-corrected chi connectivity index (χ3v) is 5.67. The predicted molar refractivity (Wildman–Crippen MR) is 115 cm³/mol. The molecule has 0 aliphatic heterocycles. The summed E-state index contributed by atoms with van der Waals surface area (Å²) in [4.78, 5) is 12.4. The van der Waals surface area contributed by atoms with E-state index < -0.39 is 27.9 Å². The molecule has 31 heavy (non-hydrogen) atoms. The summed E-state index contributed by atoms with van der Waals surface area (Å²) in [5.41, 5.74) is 0.652. The molecule has 0 saturated carbocycles. The lowest BCUT2D eigenvalue weighted by Crippen LogP contribution is -2.30. The van der Waals surface area contributed by atoms with E-state index in [4.69, 9.17) is 9.47 Å². The Morgan fingerprint density at radius 1 is 0.871 bits per heavy atom. The maximum absolute atomic E-state index is 13.0. The molecule has 0 spiro atoms. The zero-order valence-electron chi connectivity index (χ0n) is 16.8. The summed E-state index contributed by atoms with van der Waals surface area (Å²) in [6.45, 7) is 1.60. The van der Waals surface area contributed by atoms with E-state index in [-0.39, 0.29) is 10.6 Å². The molecule has 3 aromatic rings. The number of halogens is 1. The van der Waals surface area contributed by atoms with Gasteiger partial charge in [-0.15, -0.1) is 0 Å². The van der Waals surface area contributed by atoms with Gasteiger partial charge in [-0.05, 0) is 79.7 Å². The van der Waals surface area contributed by atoms with E-state index >= 15 is 0 Å². The summed E-state index contributed by atoms with van der Waals surface area (Å²) in [5, 5.41) is 2.67. The van der Waals surface area contributed by atoms with Crippen LogP contribution in [0.1, 0.15) is 6.92 Å². The lowest BCUT2D eigenvalue weighted by atomic mass is 10.3. The van der Waals surface area contributed by atoms with E-state index in [1.54, 1.807) is 38.3 Å². The van der Waals surface area contributed by atoms with Gasteiger partial charge in [-0.1, -0.05) is 0 Å². The van der Waals surface area contributed by atoms with Gasteiger partial charge >= 0.3 is 0 Å². The van der Waals surface area contributed by atoms with Crippen molar-refractivity contribution in [3.8, 4) is 11.5 Å². The van der Waals surface area contributed by atoms with Crippen molar-refractivity contribution in [3.05, 3.63) is 78.6 Å². The number of anilines is 2. The average molecular weight is 444 g/mol. The Kier molecular flexibility index (Phi) is 6.76. The molecule has 7 nitrogen and oxygen atoms in total. The molecule has 0 heterocycles. The van der Waals surface area contributed by atoms with Crippen LogP contribution in [0.2, 0.25) is 0 Å². The predicted octanol–water partition coefficient (Wildman–Crippen LogP) is 4.04. The Labute approximate surface area is 179 Å². The second-order valence-corrected chi connectivity index (χ2v) is 8.24. The first-order valence-corrected chi connectivity index (χ1v) is 10.8. The highest BCUT2D eigenvalue weighted by atomic mass is 32.2. The van der Waals surface area contributed by atoms with Crippen molar-refractivity contribution in [2.45, 2.75) is 17.9 Å². The number of carbonyl (C=O) groups is 1. The third-order valence-electron chi connectivity index (χ3n) is 4.27. The Balaban J connectivity index is 1.61. The second kappa shape index (κ2) is 9.48. The molecule has 1 unspecified atom stereocenters. The highest BCUT2D eigenvalue weighted by Gasteiger charge is 2.17. The zero-order valence-corrected chi connectivity index (χ0v) is 17.6. The summed E-state index contributed by atoms with van der Waals surface area (Å²) >= 11 is 0. The van der Waals surface area contributed by atoms with E-state index in [2.05, 4.69) is 10.0 Å². The number of hydrogen-bond donors (Lipinski definition) is 2. The number of ether oxygens (including phenoxy) is 2. The number of sulfonamides is 1. The molecule has 0 aliphatic carbocycles. The molecule has 1 amide bonds. The minimum Gasteiger partial charge on any atom is -0.497 e. The molecule has 0 saturated heterocycles. The van der Waals surface area contributed by atoms with Crippen molar-refractivity contribution in [1.82, 2.24) is 0 Å². The molecule has 162 valence electrons. The van der Waals surface area contributed by atoms with Crippen LogP contribution in [-0.4, -0.2) is 27.5 Å². The topological polar surface area (TPSA) is 93.7 Å². The number of benzene rings is 3. The van der Waals surface area contributed by atoms with Crippen molar-refractivity contribution >= 4 is 27.3 Å². The maximum Gasteiger partial charge on any atom is 0.265 e. The Morgan fingerprint density at radius 3 is 2.00 bits per heavy atom. The van der Waals surface area contributed by atoms with Gasteiger partial charge in [-0.2, -0.15) is 0 Å². The average Bonchev–Trinajstić information content (AvgIpc) is 2.76. The first kappa shape index (κ1) is 22.1. The second-order valence-electron chi connectivity index (χ2n) is 6.56. The monoisotopic (exact) mass is 444 g/mol. The van der Waals surface area contributed by atoms with Crippen molar-refractivity contribution in [1.29, 1.82) is 0 Å². The molecule has 9 heteroatoms. The SMILES string of the molecule is COc1ccc(OC(C)C(=O)Nc2ccc(S(=O)(=O)Nc3ccc(F)cc3)cc2)cc1. The molecule has 3 aromatic carbocycles. The van der Waals surface area contributed by atoms with Crippen LogP contribution in [0, 0.1) is 5.82 Å². The van der Waals surface area contributed by atoms with Crippen LogP contribution >= 0.6 is 0 Å². The van der Waals surface area contributed by atoms with Gasteiger partial charge < -0.3 is 14.8 Å². The Bertz CT molecular complexity index is 1130. The summed E-state index contributed by atoms with van der Waals surface area (Å²) in [5.74, 6) is 0.328. The normalized spacial score (nSPS) is 12.0. The lowest BCUT2D eigenvalue weighted by molar-refractivity contribution is -0.122. The van der Waals surface area contributed by atoms with Crippen LogP contribution in [0.3, 0.4) is 0 Å². The van der Waals surface area contributed by atoms with Crippen molar-refractivity contribution in [3.63, 3.8) is 0 Å². The summed E-state index contributed by atoms with van der Waals surface area (Å²) in [6, 6.07) is 17.4. The van der Waals surface area contributed by atoms with E-state index in [1.807, 2.05) is 0 Å². The molecule has 0 radical (unpaired) electrons. The van der Waals surface area contributed by atoms with Crippen molar-refractivity contribution < 1.29 is 27.1 Å². The van der Waals surface area contributed by atoms with E-state index in [1.165, 1.54) is 36.4 Å². The standard InChI is InChI=1S/C22H21FN2O5S/c1-15(30-20-11-9-19(29-2)10-12-20)22(26)24-17-7-13-21(14-8-17)31(27,28)25-18-5-3-16(23)4-6-18/h3-15,25H,1-2H3,(H,24,26). The van der Waals surface area contributed by atoms with Crippen LogP contribution in [0.5, 0.6) is 11.5 Å². The number of methoxy groups -OCH3 is 1. The summed E-state index contributed by atoms with van der Waals surface area (Å²) in [7, 11) is -2.30. The fourth-order valence-corrected chi connectivity index (χ4v) is 3.66. The van der Waals surface area contributed by atoms with Gasteiger partial charge in [0.05, 0.1) is 12.0 Å². The molecule has 3 rings (SSSR count). The molecule has 0 fully saturated rings. The van der Waals surface area contributed by atoms with Gasteiger partial charge in [-0.25, -0.2) is 12.8 Å². The number of nitrogens with one attached hydrogen (secondary N) is 2. The first-order chi connectivity index (χ1) is 14.8. The van der Waals surface area contributed by atoms with Gasteiger partial charge in [0.1, 0.15) is 17.3 Å². The third kappa shape index (κ3) is 5.95. The minimum absolute atomic E-state index is 0.00245. The largest absolute Gasteiger partial charge is 0.497 e. The zero-order chi connectivity index (χ0) is 22.4. The molecule has 0 aliphatic rings. The van der Waals surface area contributed by atoms with E-state index in [9.17, 15) is 17.6 Å². The first-order valence-electron chi connectivity index (χ1n) is 9.27. The number of rotatable bonds is 8. The van der Waals surface area contributed by atoms with Crippen LogP contribution in [-0.2, 0) is 14.8 Å². The quantitative estimate of drug-likeness (QED) is 0.547. The Hall–Kier alpha value is -3.59. The van der Waals surface area contributed by atoms with Gasteiger partial charge in [-0.3, -0.25) is 9.52 Å². The van der Waals surface area contributed by atoms with Crippen molar-refractivity contribution in [2.75, 3.05) is 17.1 Å². The van der Waals surface area contributed by atoms with Crippen molar-refractivity contribution in [2.24, 2.45) is 0 Å². The number of hydrogen-bond acceptors (Lipinski definition) is 5. The molecule has 0 bridgehead atoms. The van der Waals surface area contributed by atoms with Crippen LogP contribution in [0.4, 0.5) is 15.8 Å². The lowest BCUT2D eigenvalue weighted by Gasteiger charge is -2.15. The maximum atomic E-state index is 13.0. The smallest absolute Gasteiger partial charge is 0.265 e. The summed E-state index contributed by atoms with van der Waals surface area (Å²) < 4.78 is 50.9. The van der Waals surface area contributed by atoms with Gasteiger partial charge in [0.2, 0.25) is 0 Å². The molecular formula is C22H21FN2O5S. The van der Waals surface area contributed by atoms with Crippen LogP contribution in [0.25, 0.3) is 0 Å². The number of amides is 1. The van der Waals surface area contributed by atoms with Crippen LogP contribution in [0.15, 0.2) is 77.7 Å². The van der Waals surface area contributed by atoms with E-state index in [0.29, 0.717) is 17.2 Å². The van der Waals surface area contributed by atoms with Gasteiger partial charge in [0, 0.05) is 11.4 Å². The summed E-state index contributed by atoms with van der Waals surface area (Å²) in [6.07, 6.45) is -0.781.